The normalized spacial score (nSPS) is 10.8. The monoisotopic (exact) mass is 466 g/mol. The molecule has 0 saturated carbocycles. The van der Waals surface area contributed by atoms with Gasteiger partial charge in [-0.15, -0.1) is 0 Å². The molecule has 160 valence electrons. The lowest BCUT2D eigenvalue weighted by Gasteiger charge is -2.13. The summed E-state index contributed by atoms with van der Waals surface area (Å²) in [7, 11) is 0. The largest absolute Gasteiger partial charge is 0.325 e. The number of hydrogen-bond donors (Lipinski definition) is 1. The van der Waals surface area contributed by atoms with Crippen LogP contribution >= 0.6 is 23.4 Å². The van der Waals surface area contributed by atoms with Crippen molar-refractivity contribution in [2.45, 2.75) is 5.16 Å². The first-order valence-corrected chi connectivity index (χ1v) is 10.7. The fourth-order valence-corrected chi connectivity index (χ4v) is 4.07. The van der Waals surface area contributed by atoms with E-state index < -0.39 is 10.8 Å². The van der Waals surface area contributed by atoms with E-state index in [0.717, 1.165) is 11.8 Å². The van der Waals surface area contributed by atoms with Crippen molar-refractivity contribution < 1.29 is 9.72 Å². The number of non-ortho nitro benzene ring substituents is 1. The van der Waals surface area contributed by atoms with Crippen molar-refractivity contribution in [3.05, 3.63) is 98.3 Å². The average Bonchev–Trinajstić information content (AvgIpc) is 2.78. The van der Waals surface area contributed by atoms with Crippen LogP contribution in [-0.2, 0) is 4.79 Å². The molecule has 0 unspecified atom stereocenters. The number of benzene rings is 3. The van der Waals surface area contributed by atoms with Gasteiger partial charge in [-0.25, -0.2) is 4.98 Å². The number of nitro groups is 1. The number of hydrogen-bond acceptors (Lipinski definition) is 6. The molecule has 0 aliphatic rings. The highest BCUT2D eigenvalue weighted by molar-refractivity contribution is 7.99. The summed E-state index contributed by atoms with van der Waals surface area (Å²) in [6, 6.07) is 19.4. The van der Waals surface area contributed by atoms with Crippen molar-refractivity contribution in [3.8, 4) is 5.69 Å². The maximum atomic E-state index is 13.2. The number of halogens is 1. The predicted molar refractivity (Wildman–Crippen MR) is 125 cm³/mol. The van der Waals surface area contributed by atoms with E-state index in [2.05, 4.69) is 10.3 Å². The first kappa shape index (κ1) is 21.5. The first-order chi connectivity index (χ1) is 15.4. The molecule has 1 heterocycles. The number of aromatic nitrogens is 2. The lowest BCUT2D eigenvalue weighted by molar-refractivity contribution is -0.384. The smallest absolute Gasteiger partial charge is 0.271 e. The summed E-state index contributed by atoms with van der Waals surface area (Å²) < 4.78 is 1.42. The fraction of sp³-hybridized carbons (Fsp3) is 0.0455. The average molecular weight is 467 g/mol. The fourth-order valence-electron chi connectivity index (χ4n) is 3.08. The summed E-state index contributed by atoms with van der Waals surface area (Å²) in [5.74, 6) is -0.454. The van der Waals surface area contributed by atoms with Gasteiger partial charge < -0.3 is 5.32 Å². The molecule has 0 radical (unpaired) electrons. The van der Waals surface area contributed by atoms with Gasteiger partial charge in [-0.3, -0.25) is 24.3 Å². The van der Waals surface area contributed by atoms with Crippen molar-refractivity contribution in [1.82, 2.24) is 9.55 Å². The van der Waals surface area contributed by atoms with Crippen LogP contribution in [0.4, 0.5) is 11.4 Å². The van der Waals surface area contributed by atoms with Crippen molar-refractivity contribution in [3.63, 3.8) is 0 Å². The van der Waals surface area contributed by atoms with E-state index in [1.54, 1.807) is 54.6 Å². The highest BCUT2D eigenvalue weighted by atomic mass is 35.5. The molecule has 10 heteroatoms. The molecular formula is C22H15ClN4O4S. The Labute approximate surface area is 191 Å². The minimum atomic E-state index is -0.535. The van der Waals surface area contributed by atoms with Gasteiger partial charge >= 0.3 is 0 Å². The Bertz CT molecular complexity index is 1410. The van der Waals surface area contributed by atoms with Gasteiger partial charge in [0.15, 0.2) is 5.16 Å². The third-order valence-electron chi connectivity index (χ3n) is 4.48. The maximum Gasteiger partial charge on any atom is 0.271 e. The van der Waals surface area contributed by atoms with Gasteiger partial charge in [0.1, 0.15) is 0 Å². The molecule has 3 aromatic carbocycles. The third kappa shape index (κ3) is 4.63. The van der Waals surface area contributed by atoms with E-state index in [1.807, 2.05) is 0 Å². The lowest BCUT2D eigenvalue weighted by atomic mass is 10.2. The Balaban J connectivity index is 1.64. The summed E-state index contributed by atoms with van der Waals surface area (Å²) in [6.07, 6.45) is 0. The quantitative estimate of drug-likeness (QED) is 0.191. The number of fused-ring (bicyclic) bond motifs is 1. The van der Waals surface area contributed by atoms with Gasteiger partial charge in [-0.1, -0.05) is 47.6 Å². The van der Waals surface area contributed by atoms with Crippen LogP contribution in [0.2, 0.25) is 5.02 Å². The van der Waals surface area contributed by atoms with Crippen LogP contribution in [0.3, 0.4) is 0 Å². The summed E-state index contributed by atoms with van der Waals surface area (Å²) in [5, 5.41) is 14.8. The van der Waals surface area contributed by atoms with Crippen LogP contribution in [-0.4, -0.2) is 26.1 Å². The van der Waals surface area contributed by atoms with Crippen LogP contribution in [0.1, 0.15) is 0 Å². The first-order valence-electron chi connectivity index (χ1n) is 9.37. The van der Waals surface area contributed by atoms with E-state index in [4.69, 9.17) is 11.6 Å². The van der Waals surface area contributed by atoms with Gasteiger partial charge in [0.25, 0.3) is 11.2 Å². The second kappa shape index (κ2) is 9.21. The molecule has 0 spiro atoms. The molecule has 0 saturated heterocycles. The second-order valence-corrected chi connectivity index (χ2v) is 8.06. The molecule has 0 atom stereocenters. The Morgan fingerprint density at radius 1 is 1.09 bits per heavy atom. The van der Waals surface area contributed by atoms with E-state index >= 15 is 0 Å². The molecule has 0 aliphatic heterocycles. The lowest BCUT2D eigenvalue weighted by Crippen LogP contribution is -2.23. The third-order valence-corrected chi connectivity index (χ3v) is 5.66. The number of amides is 1. The molecule has 32 heavy (non-hydrogen) atoms. The minimum Gasteiger partial charge on any atom is -0.325 e. The molecule has 0 bridgehead atoms. The van der Waals surface area contributed by atoms with E-state index in [0.29, 0.717) is 32.5 Å². The maximum absolute atomic E-state index is 13.2. The number of rotatable bonds is 6. The Hall–Kier alpha value is -3.69. The minimum absolute atomic E-state index is 0.0615. The number of anilines is 1. The number of nitrogens with zero attached hydrogens (tertiary/aromatic N) is 3. The second-order valence-electron chi connectivity index (χ2n) is 6.68. The van der Waals surface area contributed by atoms with Crippen LogP contribution in [0.5, 0.6) is 0 Å². The summed E-state index contributed by atoms with van der Waals surface area (Å²) in [6.45, 7) is 0. The summed E-state index contributed by atoms with van der Waals surface area (Å²) in [4.78, 5) is 40.6. The Kier molecular flexibility index (Phi) is 6.20. The zero-order valence-corrected chi connectivity index (χ0v) is 18.0. The summed E-state index contributed by atoms with van der Waals surface area (Å²) >= 11 is 7.19. The summed E-state index contributed by atoms with van der Waals surface area (Å²) in [5.41, 5.74) is 0.948. The van der Waals surface area contributed by atoms with Gasteiger partial charge in [-0.2, -0.15) is 0 Å². The molecule has 4 rings (SSSR count). The Morgan fingerprint density at radius 3 is 2.66 bits per heavy atom. The molecule has 1 aromatic heterocycles. The number of carbonyl (C=O) groups is 1. The highest BCUT2D eigenvalue weighted by Crippen LogP contribution is 2.24. The van der Waals surface area contributed by atoms with Gasteiger partial charge in [-0.05, 0) is 36.4 Å². The molecule has 0 fully saturated rings. The zero-order valence-electron chi connectivity index (χ0n) is 16.4. The number of para-hydroxylation sites is 1. The number of nitrogens with one attached hydrogen (secondary N) is 1. The van der Waals surface area contributed by atoms with Crippen LogP contribution < -0.4 is 10.9 Å². The number of thioether (sulfide) groups is 1. The Morgan fingerprint density at radius 2 is 1.88 bits per heavy atom. The predicted octanol–water partition coefficient (Wildman–Crippen LogP) is 4.68. The molecule has 8 nitrogen and oxygen atoms in total. The van der Waals surface area contributed by atoms with E-state index in [-0.39, 0.29) is 17.0 Å². The van der Waals surface area contributed by atoms with Crippen LogP contribution in [0.15, 0.2) is 82.7 Å². The molecule has 0 aliphatic carbocycles. The SMILES string of the molecule is O=C(CSc1nc2ccccc2c(=O)n1-c1cccc(Cl)c1)Nc1cccc([N+](=O)[O-])c1. The molecule has 1 N–H and O–H groups in total. The van der Waals surface area contributed by atoms with E-state index in [9.17, 15) is 19.7 Å². The van der Waals surface area contributed by atoms with Crippen molar-refractivity contribution in [1.29, 1.82) is 0 Å². The zero-order chi connectivity index (χ0) is 22.7. The number of nitro benzene ring substituents is 1. The van der Waals surface area contributed by atoms with Crippen molar-refractivity contribution in [2.75, 3.05) is 11.1 Å². The van der Waals surface area contributed by atoms with Crippen molar-refractivity contribution >= 4 is 51.5 Å². The molecule has 1 amide bonds. The topological polar surface area (TPSA) is 107 Å². The molecule has 4 aromatic rings. The van der Waals surface area contributed by atoms with Gasteiger partial charge in [0.2, 0.25) is 5.91 Å². The van der Waals surface area contributed by atoms with Crippen molar-refractivity contribution in [2.24, 2.45) is 0 Å². The number of carbonyl (C=O) groups excluding carboxylic acids is 1. The van der Waals surface area contributed by atoms with Crippen LogP contribution in [0, 0.1) is 10.1 Å². The van der Waals surface area contributed by atoms with Gasteiger partial charge in [0, 0.05) is 22.8 Å². The standard InChI is InChI=1S/C22H15ClN4O4S/c23-14-5-3-7-16(11-14)26-21(29)18-9-1-2-10-19(18)25-22(26)32-13-20(28)24-15-6-4-8-17(12-15)27(30)31/h1-12H,13H2,(H,24,28). The highest BCUT2D eigenvalue weighted by Gasteiger charge is 2.15. The van der Waals surface area contributed by atoms with Crippen LogP contribution in [0.25, 0.3) is 16.6 Å². The van der Waals surface area contributed by atoms with E-state index in [1.165, 1.54) is 22.8 Å². The van der Waals surface area contributed by atoms with Gasteiger partial charge in [0.05, 0.1) is 27.3 Å². The molecular weight excluding hydrogens is 452 g/mol.